The highest BCUT2D eigenvalue weighted by molar-refractivity contribution is 6.32. The molecular weight excluding hydrogens is 450 g/mol. The van der Waals surface area contributed by atoms with Gasteiger partial charge in [0.2, 0.25) is 0 Å². The SMILES string of the molecule is Fc1ccc(Oc2ccc(Nc3ncnc4ccc(CC5=NCCO5)cc34)cc2Cl)c(F)c1. The molecule has 9 heteroatoms. The number of nitrogens with zero attached hydrogens (tertiary/aromatic N) is 3. The lowest BCUT2D eigenvalue weighted by molar-refractivity contribution is 0.341. The molecular formula is C24H17ClF2N4O2. The molecule has 0 saturated heterocycles. The number of ether oxygens (including phenoxy) is 2. The first-order valence-electron chi connectivity index (χ1n) is 10.1. The van der Waals surface area contributed by atoms with Crippen LogP contribution in [-0.4, -0.2) is 29.0 Å². The molecule has 1 N–H and O–H groups in total. The summed E-state index contributed by atoms with van der Waals surface area (Å²) in [6, 6.07) is 13.9. The first-order valence-corrected chi connectivity index (χ1v) is 10.5. The lowest BCUT2D eigenvalue weighted by atomic mass is 10.1. The van der Waals surface area contributed by atoms with E-state index in [2.05, 4.69) is 20.3 Å². The van der Waals surface area contributed by atoms with Gasteiger partial charge in [-0.15, -0.1) is 0 Å². The number of fused-ring (bicyclic) bond motifs is 1. The topological polar surface area (TPSA) is 68.6 Å². The van der Waals surface area contributed by atoms with Crippen molar-refractivity contribution in [2.24, 2.45) is 4.99 Å². The molecule has 0 atom stereocenters. The van der Waals surface area contributed by atoms with E-state index in [0.29, 0.717) is 31.1 Å². The molecule has 0 spiro atoms. The Hall–Kier alpha value is -3.78. The fourth-order valence-corrected chi connectivity index (χ4v) is 3.67. The normalized spacial score (nSPS) is 13.0. The number of aliphatic imine (C=N–C) groups is 1. The highest BCUT2D eigenvalue weighted by Gasteiger charge is 2.13. The van der Waals surface area contributed by atoms with Crippen molar-refractivity contribution >= 4 is 39.9 Å². The van der Waals surface area contributed by atoms with Crippen molar-refractivity contribution in [3.8, 4) is 11.5 Å². The van der Waals surface area contributed by atoms with Crippen molar-refractivity contribution in [2.45, 2.75) is 6.42 Å². The van der Waals surface area contributed by atoms with Gasteiger partial charge in [0, 0.05) is 23.6 Å². The summed E-state index contributed by atoms with van der Waals surface area (Å²) in [5.74, 6) is -0.0600. The minimum Gasteiger partial charge on any atom is -0.479 e. The van der Waals surface area contributed by atoms with Crippen LogP contribution in [0.2, 0.25) is 5.02 Å². The van der Waals surface area contributed by atoms with Gasteiger partial charge < -0.3 is 14.8 Å². The van der Waals surface area contributed by atoms with Crippen LogP contribution in [0.5, 0.6) is 11.5 Å². The standard InChI is InChI=1S/C24H17ClF2N4O2/c25-18-12-16(3-6-21(18)33-22-5-2-15(26)11-19(22)27)31-24-17-9-14(10-23-28-7-8-32-23)1-4-20(17)29-13-30-24/h1-6,9,11-13H,7-8,10H2,(H,29,30,31). The molecule has 0 amide bonds. The van der Waals surface area contributed by atoms with Crippen LogP contribution in [-0.2, 0) is 11.2 Å². The molecule has 0 bridgehead atoms. The Morgan fingerprint density at radius 2 is 1.88 bits per heavy atom. The first-order chi connectivity index (χ1) is 16.0. The minimum atomic E-state index is -0.814. The third-order valence-corrected chi connectivity index (χ3v) is 5.31. The monoisotopic (exact) mass is 466 g/mol. The fraction of sp³-hybridized carbons (Fsp3) is 0.125. The summed E-state index contributed by atoms with van der Waals surface area (Å²) in [5.41, 5.74) is 2.47. The lowest BCUT2D eigenvalue weighted by Gasteiger charge is -2.12. The number of rotatable bonds is 6. The molecule has 1 aliphatic rings. The molecule has 0 fully saturated rings. The molecule has 2 heterocycles. The second-order valence-corrected chi connectivity index (χ2v) is 7.73. The zero-order chi connectivity index (χ0) is 22.8. The summed E-state index contributed by atoms with van der Waals surface area (Å²) in [6.07, 6.45) is 2.08. The maximum absolute atomic E-state index is 13.9. The van der Waals surface area contributed by atoms with Crippen LogP contribution in [0.25, 0.3) is 10.9 Å². The van der Waals surface area contributed by atoms with Crippen molar-refractivity contribution in [3.63, 3.8) is 0 Å². The van der Waals surface area contributed by atoms with Crippen molar-refractivity contribution in [1.29, 1.82) is 0 Å². The lowest BCUT2D eigenvalue weighted by Crippen LogP contribution is -2.03. The number of aromatic nitrogens is 2. The van der Waals surface area contributed by atoms with Gasteiger partial charge in [-0.1, -0.05) is 17.7 Å². The number of hydrogen-bond donors (Lipinski definition) is 1. The second kappa shape index (κ2) is 8.99. The molecule has 33 heavy (non-hydrogen) atoms. The van der Waals surface area contributed by atoms with Crippen LogP contribution in [0, 0.1) is 11.6 Å². The van der Waals surface area contributed by atoms with Crippen LogP contribution in [0.1, 0.15) is 5.56 Å². The maximum atomic E-state index is 13.9. The first kappa shape index (κ1) is 21.1. The summed E-state index contributed by atoms with van der Waals surface area (Å²) in [4.78, 5) is 13.0. The van der Waals surface area contributed by atoms with Crippen molar-refractivity contribution < 1.29 is 18.3 Å². The van der Waals surface area contributed by atoms with E-state index in [-0.39, 0.29) is 16.5 Å². The van der Waals surface area contributed by atoms with E-state index in [4.69, 9.17) is 21.1 Å². The maximum Gasteiger partial charge on any atom is 0.187 e. The van der Waals surface area contributed by atoms with E-state index < -0.39 is 11.6 Å². The molecule has 6 nitrogen and oxygen atoms in total. The van der Waals surface area contributed by atoms with E-state index in [1.54, 1.807) is 18.2 Å². The minimum absolute atomic E-state index is 0.121. The average molecular weight is 467 g/mol. The molecule has 0 saturated carbocycles. The van der Waals surface area contributed by atoms with Crippen molar-refractivity contribution in [1.82, 2.24) is 9.97 Å². The van der Waals surface area contributed by atoms with Crippen LogP contribution >= 0.6 is 11.6 Å². The van der Waals surface area contributed by atoms with E-state index in [9.17, 15) is 8.78 Å². The molecule has 4 aromatic rings. The summed E-state index contributed by atoms with van der Waals surface area (Å²) in [6.45, 7) is 1.31. The van der Waals surface area contributed by atoms with Gasteiger partial charge in [0.15, 0.2) is 17.5 Å². The van der Waals surface area contributed by atoms with Crippen molar-refractivity contribution in [2.75, 3.05) is 18.5 Å². The summed E-state index contributed by atoms with van der Waals surface area (Å²) >= 11 is 6.35. The molecule has 0 unspecified atom stereocenters. The Kier molecular flexibility index (Phi) is 5.75. The van der Waals surface area contributed by atoms with E-state index in [1.807, 2.05) is 18.2 Å². The van der Waals surface area contributed by atoms with Gasteiger partial charge in [-0.2, -0.15) is 0 Å². The number of nitrogens with one attached hydrogen (secondary N) is 1. The number of hydrogen-bond acceptors (Lipinski definition) is 6. The van der Waals surface area contributed by atoms with Crippen molar-refractivity contribution in [3.05, 3.63) is 83.1 Å². The van der Waals surface area contributed by atoms with Crippen LogP contribution < -0.4 is 10.1 Å². The Labute approximate surface area is 192 Å². The number of anilines is 2. The summed E-state index contributed by atoms with van der Waals surface area (Å²) < 4.78 is 38.0. The molecule has 166 valence electrons. The zero-order valence-electron chi connectivity index (χ0n) is 17.2. The third-order valence-electron chi connectivity index (χ3n) is 5.01. The Morgan fingerprint density at radius 1 is 1.00 bits per heavy atom. The average Bonchev–Trinajstić information content (AvgIpc) is 3.31. The fourth-order valence-electron chi connectivity index (χ4n) is 3.45. The Bertz CT molecular complexity index is 1380. The molecule has 5 rings (SSSR count). The molecule has 3 aromatic carbocycles. The van der Waals surface area contributed by atoms with Gasteiger partial charge in [0.1, 0.15) is 30.3 Å². The smallest absolute Gasteiger partial charge is 0.187 e. The highest BCUT2D eigenvalue weighted by Crippen LogP contribution is 2.34. The Morgan fingerprint density at radius 3 is 2.67 bits per heavy atom. The molecule has 1 aliphatic heterocycles. The van der Waals surface area contributed by atoms with E-state index in [0.717, 1.165) is 34.5 Å². The predicted molar refractivity (Wildman–Crippen MR) is 123 cm³/mol. The summed E-state index contributed by atoms with van der Waals surface area (Å²) in [7, 11) is 0. The second-order valence-electron chi connectivity index (χ2n) is 7.32. The zero-order valence-corrected chi connectivity index (χ0v) is 17.9. The van der Waals surface area contributed by atoms with Gasteiger partial charge >= 0.3 is 0 Å². The van der Waals surface area contributed by atoms with Gasteiger partial charge in [0.25, 0.3) is 0 Å². The Balaban J connectivity index is 1.39. The van der Waals surface area contributed by atoms with E-state index in [1.165, 1.54) is 12.4 Å². The molecule has 1 aromatic heterocycles. The van der Waals surface area contributed by atoms with E-state index >= 15 is 0 Å². The molecule has 0 radical (unpaired) electrons. The molecule has 0 aliphatic carbocycles. The summed E-state index contributed by atoms with van der Waals surface area (Å²) in [5, 5.41) is 4.32. The van der Waals surface area contributed by atoms with Gasteiger partial charge in [0.05, 0.1) is 17.1 Å². The van der Waals surface area contributed by atoms with Crippen LogP contribution in [0.15, 0.2) is 65.9 Å². The highest BCUT2D eigenvalue weighted by atomic mass is 35.5. The van der Waals surface area contributed by atoms with Gasteiger partial charge in [-0.3, -0.25) is 4.99 Å². The number of halogens is 3. The van der Waals surface area contributed by atoms with Gasteiger partial charge in [-0.05, 0) is 48.0 Å². The quantitative estimate of drug-likeness (QED) is 0.373. The van der Waals surface area contributed by atoms with Gasteiger partial charge in [-0.25, -0.2) is 18.7 Å². The van der Waals surface area contributed by atoms with Crippen LogP contribution in [0.3, 0.4) is 0 Å². The van der Waals surface area contributed by atoms with Crippen LogP contribution in [0.4, 0.5) is 20.3 Å². The largest absolute Gasteiger partial charge is 0.479 e. The predicted octanol–water partition coefficient (Wildman–Crippen LogP) is 6.07. The number of benzene rings is 3. The third kappa shape index (κ3) is 4.70.